The van der Waals surface area contributed by atoms with Crippen LogP contribution in [-0.4, -0.2) is 23.1 Å². The predicted molar refractivity (Wildman–Crippen MR) is 67.7 cm³/mol. The van der Waals surface area contributed by atoms with E-state index in [1.165, 1.54) is 0 Å². The summed E-state index contributed by atoms with van der Waals surface area (Å²) in [5.74, 6) is -1.63. The summed E-state index contributed by atoms with van der Waals surface area (Å²) < 4.78 is 0. The maximum absolute atomic E-state index is 11.3. The Morgan fingerprint density at radius 2 is 1.11 bits per heavy atom. The van der Waals surface area contributed by atoms with Crippen LogP contribution in [0.25, 0.3) is 0 Å². The highest BCUT2D eigenvalue weighted by atomic mass is 17.2. The Labute approximate surface area is 114 Å². The van der Waals surface area contributed by atoms with Gasteiger partial charge in [-0.05, 0) is 40.5 Å². The lowest BCUT2D eigenvalue weighted by atomic mass is 10.1. The van der Waals surface area contributed by atoms with Gasteiger partial charge in [-0.2, -0.15) is 9.78 Å². The monoisotopic (exact) mass is 276 g/mol. The van der Waals surface area contributed by atoms with Gasteiger partial charge in [-0.3, -0.25) is 9.78 Å². The van der Waals surface area contributed by atoms with Gasteiger partial charge in [-0.25, -0.2) is 9.59 Å². The van der Waals surface area contributed by atoms with Crippen molar-refractivity contribution in [2.45, 2.75) is 72.0 Å². The highest BCUT2D eigenvalue weighted by Crippen LogP contribution is 2.15. The van der Waals surface area contributed by atoms with E-state index in [4.69, 9.17) is 9.78 Å². The van der Waals surface area contributed by atoms with E-state index in [1.807, 2.05) is 13.8 Å². The number of carbonyl (C=O) groups is 2. The van der Waals surface area contributed by atoms with Crippen molar-refractivity contribution in [1.29, 1.82) is 0 Å². The molecule has 6 nitrogen and oxygen atoms in total. The van der Waals surface area contributed by atoms with E-state index in [0.29, 0.717) is 12.8 Å². The van der Waals surface area contributed by atoms with Gasteiger partial charge in [0, 0.05) is 0 Å². The Morgan fingerprint density at radius 1 is 0.789 bits per heavy atom. The number of carbonyl (C=O) groups excluding carboxylic acids is 2. The minimum atomic E-state index is -0.815. The molecule has 0 heterocycles. The maximum Gasteiger partial charge on any atom is 0.353 e. The van der Waals surface area contributed by atoms with Crippen LogP contribution in [0.15, 0.2) is 0 Å². The first-order valence-electron chi connectivity index (χ1n) is 6.39. The number of hydrogen-bond acceptors (Lipinski definition) is 6. The van der Waals surface area contributed by atoms with Crippen LogP contribution in [0.2, 0.25) is 0 Å². The summed E-state index contributed by atoms with van der Waals surface area (Å²) in [6, 6.07) is 0. The highest BCUT2D eigenvalue weighted by Gasteiger charge is 2.24. The van der Waals surface area contributed by atoms with Gasteiger partial charge < -0.3 is 0 Å². The van der Waals surface area contributed by atoms with E-state index < -0.39 is 29.6 Å². The molecule has 0 spiro atoms. The summed E-state index contributed by atoms with van der Waals surface area (Å²) in [6.07, 6.45) is 0.774. The van der Waals surface area contributed by atoms with Crippen molar-refractivity contribution in [3.05, 3.63) is 0 Å². The van der Waals surface area contributed by atoms with Gasteiger partial charge in [-0.15, -0.1) is 0 Å². The summed E-state index contributed by atoms with van der Waals surface area (Å²) >= 11 is 0. The van der Waals surface area contributed by atoms with Crippen LogP contribution in [0.4, 0.5) is 0 Å². The van der Waals surface area contributed by atoms with Crippen LogP contribution in [0.5, 0.6) is 0 Å². The second-order valence-corrected chi connectivity index (χ2v) is 5.48. The SMILES string of the molecule is CCC(C)(C)OOC(=O)CC(=O)OOC(C)(C)CC. The van der Waals surface area contributed by atoms with Gasteiger partial charge in [-0.1, -0.05) is 13.8 Å². The standard InChI is InChI=1S/C13H24O6/c1-7-12(3,4)18-16-10(14)9-11(15)17-19-13(5,6)8-2/h7-9H2,1-6H3. The molecular formula is C13H24O6. The Kier molecular flexibility index (Phi) is 7.00. The topological polar surface area (TPSA) is 71.1 Å². The van der Waals surface area contributed by atoms with Crippen molar-refractivity contribution >= 4 is 11.9 Å². The van der Waals surface area contributed by atoms with Crippen LogP contribution in [0, 0.1) is 0 Å². The van der Waals surface area contributed by atoms with Crippen molar-refractivity contribution in [1.82, 2.24) is 0 Å². The predicted octanol–water partition coefficient (Wildman–Crippen LogP) is 2.70. The molecule has 112 valence electrons. The van der Waals surface area contributed by atoms with Crippen molar-refractivity contribution in [3.8, 4) is 0 Å². The van der Waals surface area contributed by atoms with E-state index in [0.717, 1.165) is 0 Å². The molecular weight excluding hydrogens is 252 g/mol. The second kappa shape index (κ2) is 7.45. The molecule has 0 N–H and O–H groups in total. The molecule has 0 bridgehead atoms. The first-order chi connectivity index (χ1) is 8.62. The van der Waals surface area contributed by atoms with Gasteiger partial charge in [0.1, 0.15) is 17.6 Å². The maximum atomic E-state index is 11.3. The third kappa shape index (κ3) is 8.56. The molecule has 0 radical (unpaired) electrons. The molecule has 0 amide bonds. The van der Waals surface area contributed by atoms with E-state index >= 15 is 0 Å². The average Bonchev–Trinajstić information content (AvgIpc) is 2.34. The van der Waals surface area contributed by atoms with Crippen molar-refractivity contribution in [2.24, 2.45) is 0 Å². The van der Waals surface area contributed by atoms with Crippen molar-refractivity contribution in [3.63, 3.8) is 0 Å². The smallest absolute Gasteiger partial charge is 0.297 e. The first kappa shape index (κ1) is 17.9. The molecule has 0 unspecified atom stereocenters. The third-order valence-electron chi connectivity index (χ3n) is 2.71. The molecule has 0 fully saturated rings. The molecule has 0 saturated heterocycles. The Morgan fingerprint density at radius 3 is 1.37 bits per heavy atom. The third-order valence-corrected chi connectivity index (χ3v) is 2.71. The summed E-state index contributed by atoms with van der Waals surface area (Å²) in [5, 5.41) is 0. The molecule has 0 aromatic carbocycles. The fourth-order valence-electron chi connectivity index (χ4n) is 0.613. The lowest BCUT2D eigenvalue weighted by molar-refractivity contribution is -0.333. The largest absolute Gasteiger partial charge is 0.353 e. The second-order valence-electron chi connectivity index (χ2n) is 5.48. The first-order valence-corrected chi connectivity index (χ1v) is 6.39. The average molecular weight is 276 g/mol. The molecule has 0 aliphatic heterocycles. The van der Waals surface area contributed by atoms with E-state index in [-0.39, 0.29) is 0 Å². The number of hydrogen-bond donors (Lipinski definition) is 0. The zero-order valence-electron chi connectivity index (χ0n) is 12.6. The molecule has 0 atom stereocenters. The van der Waals surface area contributed by atoms with E-state index in [1.54, 1.807) is 27.7 Å². The van der Waals surface area contributed by atoms with Crippen LogP contribution in [0.3, 0.4) is 0 Å². The molecule has 0 aromatic rings. The zero-order valence-corrected chi connectivity index (χ0v) is 12.6. The Balaban J connectivity index is 3.98. The molecule has 0 rings (SSSR count). The van der Waals surface area contributed by atoms with Crippen LogP contribution in [0.1, 0.15) is 60.8 Å². The van der Waals surface area contributed by atoms with Gasteiger partial charge >= 0.3 is 11.9 Å². The lowest BCUT2D eigenvalue weighted by Crippen LogP contribution is -2.28. The molecule has 0 saturated carbocycles. The van der Waals surface area contributed by atoms with Crippen LogP contribution >= 0.6 is 0 Å². The van der Waals surface area contributed by atoms with Crippen molar-refractivity contribution < 1.29 is 29.1 Å². The summed E-state index contributed by atoms with van der Waals surface area (Å²) in [7, 11) is 0. The zero-order chi connectivity index (χ0) is 15.1. The van der Waals surface area contributed by atoms with Crippen molar-refractivity contribution in [2.75, 3.05) is 0 Å². The quantitative estimate of drug-likeness (QED) is 0.385. The van der Waals surface area contributed by atoms with Gasteiger partial charge in [0.2, 0.25) is 0 Å². The molecule has 19 heavy (non-hydrogen) atoms. The Bertz CT molecular complexity index is 278. The van der Waals surface area contributed by atoms with Gasteiger partial charge in [0.05, 0.1) is 0 Å². The van der Waals surface area contributed by atoms with Gasteiger partial charge in [0.25, 0.3) is 0 Å². The fourth-order valence-corrected chi connectivity index (χ4v) is 0.613. The van der Waals surface area contributed by atoms with Gasteiger partial charge in [0.15, 0.2) is 0 Å². The molecule has 6 heteroatoms. The van der Waals surface area contributed by atoms with Crippen LogP contribution < -0.4 is 0 Å². The van der Waals surface area contributed by atoms with E-state index in [2.05, 4.69) is 9.78 Å². The summed E-state index contributed by atoms with van der Waals surface area (Å²) in [4.78, 5) is 41.5. The van der Waals surface area contributed by atoms with E-state index in [9.17, 15) is 9.59 Å². The van der Waals surface area contributed by atoms with Crippen LogP contribution in [-0.2, 0) is 29.1 Å². The Hall–Kier alpha value is -1.14. The summed E-state index contributed by atoms with van der Waals surface area (Å²) in [6.45, 7) is 10.9. The molecule has 0 aliphatic rings. The summed E-state index contributed by atoms with van der Waals surface area (Å²) in [5.41, 5.74) is -1.17. The molecule has 0 aromatic heterocycles. The fraction of sp³-hybridized carbons (Fsp3) is 0.846. The lowest BCUT2D eigenvalue weighted by Gasteiger charge is -2.21. The normalized spacial score (nSPS) is 12.1. The minimum Gasteiger partial charge on any atom is -0.297 e. The minimum absolute atomic E-state index is 0.556. The number of rotatable bonds is 8. The molecule has 0 aliphatic carbocycles. The highest BCUT2D eigenvalue weighted by molar-refractivity contribution is 5.90.